The molecule has 0 unspecified atom stereocenters. The Labute approximate surface area is 103 Å². The second-order valence-corrected chi connectivity index (χ2v) is 4.39. The topological polar surface area (TPSA) is 38.3 Å². The molecule has 1 aromatic rings. The Balaban J connectivity index is 2.30. The second-order valence-electron chi connectivity index (χ2n) is 3.15. The summed E-state index contributed by atoms with van der Waals surface area (Å²) in [6.07, 6.45) is 0.418. The van der Waals surface area contributed by atoms with E-state index in [1.807, 2.05) is 24.3 Å². The van der Waals surface area contributed by atoms with Gasteiger partial charge in [0.2, 0.25) is 5.91 Å². The van der Waals surface area contributed by atoms with E-state index < -0.39 is 0 Å². The lowest BCUT2D eigenvalue weighted by molar-refractivity contribution is -0.122. The van der Waals surface area contributed by atoms with E-state index in [2.05, 4.69) is 27.9 Å². The lowest BCUT2D eigenvalue weighted by atomic mass is 10.2. The number of halogens is 1. The largest absolute Gasteiger partial charge is 0.384 e. The second kappa shape index (κ2) is 6.79. The first-order chi connectivity index (χ1) is 7.22. The molecule has 0 bridgehead atoms. The smallest absolute Gasteiger partial charge is 0.222 e. The molecule has 1 N–H and O–H groups in total. The van der Waals surface area contributed by atoms with Gasteiger partial charge in [-0.1, -0.05) is 12.1 Å². The molecule has 15 heavy (non-hydrogen) atoms. The number of nitrogens with one attached hydrogen (secondary N) is 1. The molecular formula is C11H14INO2. The zero-order valence-electron chi connectivity index (χ0n) is 8.63. The third kappa shape index (κ3) is 5.13. The number of carbonyl (C=O) groups is 1. The number of benzene rings is 1. The number of carbonyl (C=O) groups excluding carboxylic acids is 1. The van der Waals surface area contributed by atoms with Crippen LogP contribution >= 0.6 is 22.6 Å². The zero-order valence-corrected chi connectivity index (χ0v) is 10.8. The van der Waals surface area contributed by atoms with Gasteiger partial charge < -0.3 is 10.1 Å². The summed E-state index contributed by atoms with van der Waals surface area (Å²) >= 11 is 2.25. The lowest BCUT2D eigenvalue weighted by Gasteiger charge is -2.04. The normalized spacial score (nSPS) is 10.0. The van der Waals surface area contributed by atoms with Crippen LogP contribution in [-0.2, 0) is 16.1 Å². The molecule has 0 heterocycles. The van der Waals surface area contributed by atoms with E-state index >= 15 is 0 Å². The van der Waals surface area contributed by atoms with Crippen LogP contribution in [0, 0.1) is 3.57 Å². The van der Waals surface area contributed by atoms with Gasteiger partial charge in [-0.15, -0.1) is 0 Å². The summed E-state index contributed by atoms with van der Waals surface area (Å²) in [6.45, 7) is 1.05. The third-order valence-electron chi connectivity index (χ3n) is 1.94. The number of hydrogen-bond donors (Lipinski definition) is 1. The van der Waals surface area contributed by atoms with Crippen molar-refractivity contribution in [3.8, 4) is 0 Å². The third-order valence-corrected chi connectivity index (χ3v) is 2.66. The number of amides is 1. The van der Waals surface area contributed by atoms with Crippen LogP contribution in [-0.4, -0.2) is 19.6 Å². The first kappa shape index (κ1) is 12.4. The molecular weight excluding hydrogens is 305 g/mol. The Hall–Kier alpha value is -0.620. The maximum Gasteiger partial charge on any atom is 0.222 e. The van der Waals surface area contributed by atoms with Crippen molar-refractivity contribution in [2.45, 2.75) is 13.0 Å². The van der Waals surface area contributed by atoms with Crippen LogP contribution in [0.15, 0.2) is 24.3 Å². The fourth-order valence-corrected chi connectivity index (χ4v) is 1.45. The summed E-state index contributed by atoms with van der Waals surface area (Å²) in [5.74, 6) is 0.0235. The molecule has 0 saturated heterocycles. The van der Waals surface area contributed by atoms with Crippen molar-refractivity contribution in [3.05, 3.63) is 33.4 Å². The molecule has 0 aliphatic carbocycles. The Bertz CT molecular complexity index is 311. The van der Waals surface area contributed by atoms with E-state index in [-0.39, 0.29) is 5.91 Å². The van der Waals surface area contributed by atoms with E-state index in [0.29, 0.717) is 19.6 Å². The van der Waals surface area contributed by atoms with Gasteiger partial charge in [-0.25, -0.2) is 0 Å². The predicted molar refractivity (Wildman–Crippen MR) is 67.5 cm³/mol. The average Bonchev–Trinajstić information content (AvgIpc) is 2.25. The van der Waals surface area contributed by atoms with Gasteiger partial charge in [-0.05, 0) is 40.3 Å². The van der Waals surface area contributed by atoms with Crippen molar-refractivity contribution in [2.75, 3.05) is 13.7 Å². The standard InChI is InChI=1S/C11H14INO2/c1-15-7-6-11(14)13-8-9-2-4-10(12)5-3-9/h2-5H,6-8H2,1H3,(H,13,14). The minimum Gasteiger partial charge on any atom is -0.384 e. The van der Waals surface area contributed by atoms with Gasteiger partial charge >= 0.3 is 0 Å². The zero-order chi connectivity index (χ0) is 11.1. The molecule has 0 aliphatic rings. The SMILES string of the molecule is COCCC(=O)NCc1ccc(I)cc1. The van der Waals surface area contributed by atoms with Gasteiger partial charge in [-0.3, -0.25) is 4.79 Å². The lowest BCUT2D eigenvalue weighted by Crippen LogP contribution is -2.23. The summed E-state index contributed by atoms with van der Waals surface area (Å²) < 4.78 is 6.01. The quantitative estimate of drug-likeness (QED) is 0.843. The summed E-state index contributed by atoms with van der Waals surface area (Å²) in [6, 6.07) is 8.07. The van der Waals surface area contributed by atoms with Crippen LogP contribution < -0.4 is 5.32 Å². The van der Waals surface area contributed by atoms with Crippen molar-refractivity contribution >= 4 is 28.5 Å². The van der Waals surface area contributed by atoms with Crippen molar-refractivity contribution < 1.29 is 9.53 Å². The van der Waals surface area contributed by atoms with Crippen molar-refractivity contribution in [1.29, 1.82) is 0 Å². The molecule has 0 aliphatic heterocycles. The molecule has 0 fully saturated rings. The molecule has 1 rings (SSSR count). The van der Waals surface area contributed by atoms with Crippen molar-refractivity contribution in [3.63, 3.8) is 0 Å². The minimum atomic E-state index is 0.0235. The molecule has 4 heteroatoms. The fraction of sp³-hybridized carbons (Fsp3) is 0.364. The van der Waals surface area contributed by atoms with Gasteiger partial charge in [0.15, 0.2) is 0 Å². The highest BCUT2D eigenvalue weighted by Crippen LogP contribution is 2.06. The number of hydrogen-bond acceptors (Lipinski definition) is 2. The molecule has 1 amide bonds. The molecule has 0 aromatic heterocycles. The van der Waals surface area contributed by atoms with E-state index in [9.17, 15) is 4.79 Å². The average molecular weight is 319 g/mol. The Morgan fingerprint density at radius 2 is 2.07 bits per heavy atom. The summed E-state index contributed by atoms with van der Waals surface area (Å²) in [7, 11) is 1.59. The fourth-order valence-electron chi connectivity index (χ4n) is 1.09. The highest BCUT2D eigenvalue weighted by molar-refractivity contribution is 14.1. The summed E-state index contributed by atoms with van der Waals surface area (Å²) in [4.78, 5) is 11.2. The van der Waals surface area contributed by atoms with E-state index in [4.69, 9.17) is 4.74 Å². The van der Waals surface area contributed by atoms with Gasteiger partial charge in [0, 0.05) is 23.6 Å². The first-order valence-electron chi connectivity index (χ1n) is 4.72. The van der Waals surface area contributed by atoms with Crippen LogP contribution in [0.3, 0.4) is 0 Å². The number of rotatable bonds is 5. The summed E-state index contributed by atoms with van der Waals surface area (Å²) in [5.41, 5.74) is 1.11. The maximum atomic E-state index is 11.2. The van der Waals surface area contributed by atoms with Gasteiger partial charge in [0.25, 0.3) is 0 Å². The molecule has 0 saturated carbocycles. The molecule has 3 nitrogen and oxygen atoms in total. The number of ether oxygens (including phenoxy) is 1. The Kier molecular flexibility index (Phi) is 5.63. The van der Waals surface area contributed by atoms with Crippen LogP contribution in [0.1, 0.15) is 12.0 Å². The Morgan fingerprint density at radius 3 is 2.67 bits per heavy atom. The maximum absolute atomic E-state index is 11.2. The molecule has 82 valence electrons. The highest BCUT2D eigenvalue weighted by Gasteiger charge is 2.00. The van der Waals surface area contributed by atoms with E-state index in [1.54, 1.807) is 7.11 Å². The van der Waals surface area contributed by atoms with E-state index in [1.165, 1.54) is 3.57 Å². The Morgan fingerprint density at radius 1 is 1.40 bits per heavy atom. The molecule has 0 atom stereocenters. The van der Waals surface area contributed by atoms with Crippen LogP contribution in [0.4, 0.5) is 0 Å². The van der Waals surface area contributed by atoms with Gasteiger partial charge in [0.05, 0.1) is 6.61 Å². The van der Waals surface area contributed by atoms with Crippen molar-refractivity contribution in [2.24, 2.45) is 0 Å². The molecule has 0 radical (unpaired) electrons. The monoisotopic (exact) mass is 319 g/mol. The highest BCUT2D eigenvalue weighted by atomic mass is 127. The number of methoxy groups -OCH3 is 1. The minimum absolute atomic E-state index is 0.0235. The van der Waals surface area contributed by atoms with E-state index in [0.717, 1.165) is 5.56 Å². The van der Waals surface area contributed by atoms with Crippen molar-refractivity contribution in [1.82, 2.24) is 5.32 Å². The van der Waals surface area contributed by atoms with Crippen LogP contribution in [0.2, 0.25) is 0 Å². The van der Waals surface area contributed by atoms with Crippen LogP contribution in [0.25, 0.3) is 0 Å². The van der Waals surface area contributed by atoms with Gasteiger partial charge in [-0.2, -0.15) is 0 Å². The summed E-state index contributed by atoms with van der Waals surface area (Å²) in [5, 5.41) is 2.83. The molecule has 1 aromatic carbocycles. The first-order valence-corrected chi connectivity index (χ1v) is 5.80. The predicted octanol–water partition coefficient (Wildman–Crippen LogP) is 1.94. The molecule has 0 spiro atoms. The van der Waals surface area contributed by atoms with Gasteiger partial charge in [0.1, 0.15) is 0 Å². The van der Waals surface area contributed by atoms with Crippen LogP contribution in [0.5, 0.6) is 0 Å².